The van der Waals surface area contributed by atoms with Crippen LogP contribution in [0, 0.1) is 0 Å². The fourth-order valence-corrected chi connectivity index (χ4v) is 3.90. The van der Waals surface area contributed by atoms with E-state index in [1.165, 1.54) is 23.9 Å². The summed E-state index contributed by atoms with van der Waals surface area (Å²) in [6.07, 6.45) is -4.30. The van der Waals surface area contributed by atoms with Crippen molar-refractivity contribution in [2.24, 2.45) is 0 Å². The molecule has 39 heavy (non-hydrogen) atoms. The first kappa shape index (κ1) is 30.0. The molecule has 0 unspecified atom stereocenters. The maximum atomic E-state index is 13.4. The van der Waals surface area contributed by atoms with Crippen molar-refractivity contribution in [3.63, 3.8) is 0 Å². The van der Waals surface area contributed by atoms with E-state index in [2.05, 4.69) is 15.7 Å². The fourth-order valence-electron chi connectivity index (χ4n) is 3.69. The molecule has 0 fully saturated rings. The Morgan fingerprint density at radius 2 is 1.72 bits per heavy atom. The van der Waals surface area contributed by atoms with Crippen LogP contribution in [-0.2, 0) is 21.1 Å². The van der Waals surface area contributed by atoms with E-state index < -0.39 is 35.9 Å². The van der Waals surface area contributed by atoms with Gasteiger partial charge in [-0.25, -0.2) is 9.48 Å². The summed E-state index contributed by atoms with van der Waals surface area (Å²) < 4.78 is 46.8. The minimum atomic E-state index is -4.66. The lowest BCUT2D eigenvalue weighted by atomic mass is 9.92. The summed E-state index contributed by atoms with van der Waals surface area (Å²) in [5, 5.41) is 10.1. The number of methoxy groups -OCH3 is 1. The number of alkyl halides is 3. The number of ether oxygens (including phenoxy) is 1. The Labute approximate surface area is 230 Å². The Bertz CT molecular complexity index is 1300. The summed E-state index contributed by atoms with van der Waals surface area (Å²) in [5.41, 5.74) is -0.499. The van der Waals surface area contributed by atoms with Crippen molar-refractivity contribution in [2.45, 2.75) is 38.8 Å². The van der Waals surface area contributed by atoms with Crippen molar-refractivity contribution in [1.82, 2.24) is 14.7 Å². The second-order valence-corrected chi connectivity index (χ2v) is 10.2. The monoisotopic (exact) mass is 565 g/mol. The first-order valence-electron chi connectivity index (χ1n) is 12.2. The van der Waals surface area contributed by atoms with E-state index >= 15 is 0 Å². The van der Waals surface area contributed by atoms with Crippen LogP contribution in [0.3, 0.4) is 0 Å². The molecule has 0 aliphatic rings. The highest BCUT2D eigenvalue weighted by atomic mass is 35.5. The van der Waals surface area contributed by atoms with Gasteiger partial charge in [0, 0.05) is 31.7 Å². The van der Waals surface area contributed by atoms with Crippen LogP contribution in [0.1, 0.15) is 38.4 Å². The van der Waals surface area contributed by atoms with Gasteiger partial charge in [0.15, 0.2) is 0 Å². The van der Waals surface area contributed by atoms with Crippen LogP contribution in [0.4, 0.5) is 29.5 Å². The number of rotatable bonds is 9. The van der Waals surface area contributed by atoms with E-state index in [0.29, 0.717) is 35.2 Å². The molecular weight excluding hydrogens is 535 g/mol. The van der Waals surface area contributed by atoms with Crippen LogP contribution in [0.5, 0.6) is 0 Å². The smallest absolute Gasteiger partial charge is 0.385 e. The van der Waals surface area contributed by atoms with Crippen molar-refractivity contribution in [1.29, 1.82) is 0 Å². The number of anilines is 2. The number of carbonyl (C=O) groups excluding carboxylic acids is 2. The highest BCUT2D eigenvalue weighted by Gasteiger charge is 2.34. The number of benzene rings is 2. The van der Waals surface area contributed by atoms with Gasteiger partial charge in [-0.05, 0) is 30.7 Å². The van der Waals surface area contributed by atoms with Crippen molar-refractivity contribution in [3.05, 3.63) is 70.9 Å². The van der Waals surface area contributed by atoms with E-state index in [0.717, 1.165) is 17.0 Å². The third-order valence-corrected chi connectivity index (χ3v) is 6.02. The van der Waals surface area contributed by atoms with Gasteiger partial charge in [-0.1, -0.05) is 56.6 Å². The van der Waals surface area contributed by atoms with Gasteiger partial charge in [0.2, 0.25) is 5.91 Å². The molecule has 210 valence electrons. The molecule has 0 aliphatic heterocycles. The van der Waals surface area contributed by atoms with Crippen molar-refractivity contribution < 1.29 is 27.5 Å². The molecule has 3 amide bonds. The van der Waals surface area contributed by atoms with Crippen molar-refractivity contribution >= 4 is 35.0 Å². The van der Waals surface area contributed by atoms with Crippen LogP contribution < -0.4 is 10.6 Å². The van der Waals surface area contributed by atoms with Crippen LogP contribution >= 0.6 is 11.6 Å². The molecule has 8 nitrogen and oxygen atoms in total. The molecule has 0 aliphatic carbocycles. The van der Waals surface area contributed by atoms with Gasteiger partial charge in [-0.2, -0.15) is 18.3 Å². The Morgan fingerprint density at radius 1 is 1.05 bits per heavy atom. The number of amides is 3. The number of hydrogen-bond donors (Lipinski definition) is 2. The molecule has 3 aromatic rings. The molecule has 0 radical (unpaired) electrons. The Hall–Kier alpha value is -3.57. The maximum Gasteiger partial charge on any atom is 0.418 e. The quantitative estimate of drug-likeness (QED) is 0.296. The van der Waals surface area contributed by atoms with E-state index in [4.69, 9.17) is 16.3 Å². The normalized spacial score (nSPS) is 11.8. The zero-order valence-corrected chi connectivity index (χ0v) is 22.9. The van der Waals surface area contributed by atoms with Crippen LogP contribution in [-0.4, -0.2) is 53.4 Å². The van der Waals surface area contributed by atoms with Gasteiger partial charge in [0.25, 0.3) is 0 Å². The summed E-state index contributed by atoms with van der Waals surface area (Å²) in [6.45, 7) is 5.84. The summed E-state index contributed by atoms with van der Waals surface area (Å²) in [6, 6.07) is 12.5. The largest absolute Gasteiger partial charge is 0.418 e. The average molecular weight is 566 g/mol. The Balaban J connectivity index is 1.85. The lowest BCUT2D eigenvalue weighted by Crippen LogP contribution is -2.42. The van der Waals surface area contributed by atoms with E-state index in [9.17, 15) is 22.8 Å². The van der Waals surface area contributed by atoms with Gasteiger partial charge in [0.05, 0.1) is 27.7 Å². The van der Waals surface area contributed by atoms with Crippen LogP contribution in [0.2, 0.25) is 5.02 Å². The molecule has 0 atom stereocenters. The standard InChI is InChI=1S/C27H31ClF3N5O3/c1-26(2,3)22-16-23(36(34-22)21-13-8-6-11-19(21)28)33-24(37)17-35(14-9-15-39-4)25(38)32-20-12-7-5-10-18(20)27(29,30)31/h5-8,10-13,16H,9,14-15,17H2,1-4H3,(H,32,38)(H,33,37). The van der Waals surface area contributed by atoms with Crippen LogP contribution in [0.25, 0.3) is 5.69 Å². The van der Waals surface area contributed by atoms with Gasteiger partial charge in [-0.15, -0.1) is 0 Å². The number of halogens is 4. The Kier molecular flexibility index (Phi) is 9.63. The minimum Gasteiger partial charge on any atom is -0.385 e. The summed E-state index contributed by atoms with van der Waals surface area (Å²) in [5.74, 6) is -0.238. The molecule has 1 heterocycles. The van der Waals surface area contributed by atoms with Crippen molar-refractivity contribution in [2.75, 3.05) is 37.4 Å². The molecule has 3 rings (SSSR count). The van der Waals surface area contributed by atoms with Crippen molar-refractivity contribution in [3.8, 4) is 5.69 Å². The number of aromatic nitrogens is 2. The molecular formula is C27H31ClF3N5O3. The summed E-state index contributed by atoms with van der Waals surface area (Å²) in [4.78, 5) is 27.3. The number of hydrogen-bond acceptors (Lipinski definition) is 4. The average Bonchev–Trinajstić information content (AvgIpc) is 3.27. The zero-order chi connectivity index (χ0) is 28.8. The number of para-hydroxylation sites is 2. The predicted molar refractivity (Wildman–Crippen MR) is 144 cm³/mol. The lowest BCUT2D eigenvalue weighted by molar-refractivity contribution is -0.137. The third-order valence-electron chi connectivity index (χ3n) is 5.70. The molecule has 2 aromatic carbocycles. The van der Waals surface area contributed by atoms with Gasteiger partial charge in [-0.3, -0.25) is 4.79 Å². The second kappa shape index (κ2) is 12.5. The highest BCUT2D eigenvalue weighted by Crippen LogP contribution is 2.34. The second-order valence-electron chi connectivity index (χ2n) is 9.82. The summed E-state index contributed by atoms with van der Waals surface area (Å²) in [7, 11) is 1.49. The molecule has 0 spiro atoms. The van der Waals surface area contributed by atoms with E-state index in [1.807, 2.05) is 20.8 Å². The third kappa shape index (κ3) is 7.96. The first-order valence-corrected chi connectivity index (χ1v) is 12.6. The lowest BCUT2D eigenvalue weighted by Gasteiger charge is -2.23. The van der Waals surface area contributed by atoms with E-state index in [1.54, 1.807) is 30.3 Å². The number of carbonyl (C=O) groups is 2. The predicted octanol–water partition coefficient (Wildman–Crippen LogP) is 6.35. The zero-order valence-electron chi connectivity index (χ0n) is 22.1. The molecule has 2 N–H and O–H groups in total. The highest BCUT2D eigenvalue weighted by molar-refractivity contribution is 6.32. The van der Waals surface area contributed by atoms with Crippen LogP contribution in [0.15, 0.2) is 54.6 Å². The number of nitrogens with one attached hydrogen (secondary N) is 2. The van der Waals surface area contributed by atoms with Gasteiger partial charge >= 0.3 is 12.2 Å². The van der Waals surface area contributed by atoms with E-state index in [-0.39, 0.29) is 12.0 Å². The first-order chi connectivity index (χ1) is 18.3. The number of urea groups is 1. The fraction of sp³-hybridized carbons (Fsp3) is 0.370. The SMILES string of the molecule is COCCCN(CC(=O)Nc1cc(C(C)(C)C)nn1-c1ccccc1Cl)C(=O)Nc1ccccc1C(F)(F)F. The summed E-state index contributed by atoms with van der Waals surface area (Å²) >= 11 is 6.38. The molecule has 1 aromatic heterocycles. The van der Waals surface area contributed by atoms with Gasteiger partial charge in [0.1, 0.15) is 12.4 Å². The maximum absolute atomic E-state index is 13.4. The molecule has 0 saturated carbocycles. The topological polar surface area (TPSA) is 88.5 Å². The Morgan fingerprint density at radius 3 is 2.36 bits per heavy atom. The molecule has 0 saturated heterocycles. The minimum absolute atomic E-state index is 0.0678. The van der Waals surface area contributed by atoms with Gasteiger partial charge < -0.3 is 20.3 Å². The molecule has 12 heteroatoms. The number of nitrogens with zero attached hydrogens (tertiary/aromatic N) is 3. The molecule has 0 bridgehead atoms.